The molecule has 2 N–H and O–H groups in total. The molecule has 0 aliphatic heterocycles. The number of benzene rings is 1. The van der Waals surface area contributed by atoms with Gasteiger partial charge >= 0.3 is 0 Å². The third-order valence-corrected chi connectivity index (χ3v) is 1.62. The molecule has 59 valence electrons. The van der Waals surface area contributed by atoms with Crippen molar-refractivity contribution in [3.8, 4) is 5.75 Å². The second-order valence-corrected chi connectivity index (χ2v) is 2.34. The normalized spacial score (nSPS) is 9.64. The fourth-order valence-corrected chi connectivity index (χ4v) is 1.01. The van der Waals surface area contributed by atoms with Crippen LogP contribution in [0.25, 0.3) is 0 Å². The lowest BCUT2D eigenvalue weighted by Gasteiger charge is -2.05. The maximum Gasteiger partial charge on any atom is 0.122 e. The lowest BCUT2D eigenvalue weighted by molar-refractivity contribution is 0.410. The number of nitrogens with two attached hydrogens (primary N) is 1. The summed E-state index contributed by atoms with van der Waals surface area (Å²) in [5.41, 5.74) is 7.34. The van der Waals surface area contributed by atoms with Crippen molar-refractivity contribution in [1.82, 2.24) is 0 Å². The van der Waals surface area contributed by atoms with E-state index in [4.69, 9.17) is 10.5 Å². The van der Waals surface area contributed by atoms with E-state index >= 15 is 0 Å². The van der Waals surface area contributed by atoms with Gasteiger partial charge in [-0.2, -0.15) is 0 Å². The molecule has 0 heterocycles. The highest BCUT2D eigenvalue weighted by molar-refractivity contribution is 5.46. The predicted molar refractivity (Wildman–Crippen MR) is 45.6 cm³/mol. The third kappa shape index (κ3) is 1.64. The molecule has 0 unspecified atom stereocenters. The summed E-state index contributed by atoms with van der Waals surface area (Å²) in [7, 11) is 1.65. The molecule has 1 radical (unpaired) electrons. The lowest BCUT2D eigenvalue weighted by atomic mass is 10.1. The van der Waals surface area contributed by atoms with Crippen LogP contribution in [0.15, 0.2) is 12.1 Å². The molecule has 0 saturated heterocycles. The van der Waals surface area contributed by atoms with Crippen molar-refractivity contribution >= 4 is 5.69 Å². The van der Waals surface area contributed by atoms with Crippen molar-refractivity contribution in [3.05, 3.63) is 23.8 Å². The minimum Gasteiger partial charge on any atom is -0.496 e. The first-order valence-corrected chi connectivity index (χ1v) is 3.62. The predicted octanol–water partition coefficient (Wildman–Crippen LogP) is 1.64. The van der Waals surface area contributed by atoms with Crippen LogP contribution in [0.5, 0.6) is 5.75 Å². The maximum atomic E-state index is 5.55. The summed E-state index contributed by atoms with van der Waals surface area (Å²) in [5, 5.41) is 0. The first kappa shape index (κ1) is 7.92. The molecule has 0 aromatic heterocycles. The molecule has 0 atom stereocenters. The van der Waals surface area contributed by atoms with Crippen molar-refractivity contribution in [2.24, 2.45) is 0 Å². The SMILES string of the molecule is CCc1cc(N)[c]cc1OC. The van der Waals surface area contributed by atoms with Gasteiger partial charge in [0, 0.05) is 11.8 Å². The van der Waals surface area contributed by atoms with Gasteiger partial charge in [-0.1, -0.05) is 6.92 Å². The first-order valence-electron chi connectivity index (χ1n) is 3.62. The summed E-state index contributed by atoms with van der Waals surface area (Å²) in [4.78, 5) is 0. The van der Waals surface area contributed by atoms with Gasteiger partial charge in [-0.3, -0.25) is 0 Å². The summed E-state index contributed by atoms with van der Waals surface area (Å²) >= 11 is 0. The Hall–Kier alpha value is -1.18. The zero-order valence-corrected chi connectivity index (χ0v) is 6.85. The van der Waals surface area contributed by atoms with Crippen molar-refractivity contribution in [1.29, 1.82) is 0 Å². The van der Waals surface area contributed by atoms with Gasteiger partial charge in [-0.25, -0.2) is 0 Å². The van der Waals surface area contributed by atoms with Crippen LogP contribution in [0.4, 0.5) is 5.69 Å². The Labute approximate surface area is 67.0 Å². The largest absolute Gasteiger partial charge is 0.496 e. The molecule has 0 spiro atoms. The van der Waals surface area contributed by atoms with Crippen LogP contribution in [0.2, 0.25) is 0 Å². The minimum absolute atomic E-state index is 0.669. The van der Waals surface area contributed by atoms with E-state index in [1.165, 1.54) is 0 Å². The Morgan fingerprint density at radius 3 is 2.91 bits per heavy atom. The van der Waals surface area contributed by atoms with Crippen molar-refractivity contribution in [2.75, 3.05) is 12.8 Å². The van der Waals surface area contributed by atoms with Gasteiger partial charge in [0.2, 0.25) is 0 Å². The molecular weight excluding hydrogens is 138 g/mol. The van der Waals surface area contributed by atoms with E-state index in [2.05, 4.69) is 13.0 Å². The van der Waals surface area contributed by atoms with E-state index in [0.29, 0.717) is 5.69 Å². The molecule has 2 nitrogen and oxygen atoms in total. The van der Waals surface area contributed by atoms with Gasteiger partial charge in [-0.15, -0.1) is 0 Å². The second-order valence-electron chi connectivity index (χ2n) is 2.34. The van der Waals surface area contributed by atoms with Crippen LogP contribution in [-0.4, -0.2) is 7.11 Å². The standard InChI is InChI=1S/C9H12NO/c1-3-7-6-8(10)4-5-9(7)11-2/h5-6H,3,10H2,1-2H3. The second kappa shape index (κ2) is 3.28. The van der Waals surface area contributed by atoms with Gasteiger partial charge in [0.1, 0.15) is 5.75 Å². The Morgan fingerprint density at radius 2 is 2.36 bits per heavy atom. The summed E-state index contributed by atoms with van der Waals surface area (Å²) in [6.45, 7) is 2.07. The number of rotatable bonds is 2. The number of nitrogen functional groups attached to an aromatic ring is 1. The molecule has 0 aliphatic carbocycles. The highest BCUT2D eigenvalue weighted by Crippen LogP contribution is 2.20. The Balaban J connectivity index is 3.06. The van der Waals surface area contributed by atoms with Crippen LogP contribution in [0.3, 0.4) is 0 Å². The van der Waals surface area contributed by atoms with Crippen LogP contribution < -0.4 is 10.5 Å². The fourth-order valence-electron chi connectivity index (χ4n) is 1.01. The van der Waals surface area contributed by atoms with Crippen LogP contribution in [0, 0.1) is 6.07 Å². The van der Waals surface area contributed by atoms with Crippen LogP contribution in [0.1, 0.15) is 12.5 Å². The number of ether oxygens (including phenoxy) is 1. The first-order chi connectivity index (χ1) is 5.27. The highest BCUT2D eigenvalue weighted by Gasteiger charge is 1.99. The van der Waals surface area contributed by atoms with Gasteiger partial charge in [0.15, 0.2) is 0 Å². The molecule has 2 heteroatoms. The number of aryl methyl sites for hydroxylation is 1. The Kier molecular flexibility index (Phi) is 2.36. The van der Waals surface area contributed by atoms with Crippen LogP contribution >= 0.6 is 0 Å². The smallest absolute Gasteiger partial charge is 0.122 e. The Bertz CT molecular complexity index is 245. The van der Waals surface area contributed by atoms with E-state index in [-0.39, 0.29) is 0 Å². The van der Waals surface area contributed by atoms with E-state index in [1.54, 1.807) is 13.2 Å². The number of hydrogen-bond acceptors (Lipinski definition) is 2. The third-order valence-electron chi connectivity index (χ3n) is 1.62. The van der Waals surface area contributed by atoms with E-state index < -0.39 is 0 Å². The van der Waals surface area contributed by atoms with Crippen molar-refractivity contribution < 1.29 is 4.74 Å². The topological polar surface area (TPSA) is 35.2 Å². The van der Waals surface area contributed by atoms with Gasteiger partial charge < -0.3 is 10.5 Å². The molecule has 0 fully saturated rings. The number of anilines is 1. The molecule has 0 bridgehead atoms. The van der Waals surface area contributed by atoms with Gasteiger partial charge in [0.05, 0.1) is 7.11 Å². The summed E-state index contributed by atoms with van der Waals surface area (Å²) in [6, 6.07) is 6.54. The van der Waals surface area contributed by atoms with E-state index in [1.807, 2.05) is 6.07 Å². The summed E-state index contributed by atoms with van der Waals surface area (Å²) in [5.74, 6) is 0.863. The average Bonchev–Trinajstić information content (AvgIpc) is 2.04. The number of methoxy groups -OCH3 is 1. The van der Waals surface area contributed by atoms with Gasteiger partial charge in [-0.05, 0) is 24.1 Å². The van der Waals surface area contributed by atoms with E-state index in [9.17, 15) is 0 Å². The molecule has 1 rings (SSSR count). The quantitative estimate of drug-likeness (QED) is 0.650. The molecule has 11 heavy (non-hydrogen) atoms. The molecule has 0 aliphatic rings. The van der Waals surface area contributed by atoms with Crippen molar-refractivity contribution in [3.63, 3.8) is 0 Å². The maximum absolute atomic E-state index is 5.55. The monoisotopic (exact) mass is 150 g/mol. The zero-order valence-electron chi connectivity index (χ0n) is 6.85. The molecule has 1 aromatic carbocycles. The fraction of sp³-hybridized carbons (Fsp3) is 0.333. The Morgan fingerprint density at radius 1 is 1.64 bits per heavy atom. The number of hydrogen-bond donors (Lipinski definition) is 1. The lowest BCUT2D eigenvalue weighted by Crippen LogP contribution is -1.93. The zero-order chi connectivity index (χ0) is 8.27. The average molecular weight is 150 g/mol. The van der Waals surface area contributed by atoms with E-state index in [0.717, 1.165) is 17.7 Å². The van der Waals surface area contributed by atoms with Crippen molar-refractivity contribution in [2.45, 2.75) is 13.3 Å². The molecular formula is C9H12NO. The molecule has 0 amide bonds. The van der Waals surface area contributed by atoms with Gasteiger partial charge in [0.25, 0.3) is 0 Å². The summed E-state index contributed by atoms with van der Waals surface area (Å²) < 4.78 is 5.10. The molecule has 1 aromatic rings. The molecule has 0 saturated carbocycles. The summed E-state index contributed by atoms with van der Waals surface area (Å²) in [6.07, 6.45) is 0.933. The van der Waals surface area contributed by atoms with Crippen LogP contribution in [-0.2, 0) is 6.42 Å². The highest BCUT2D eigenvalue weighted by atomic mass is 16.5. The minimum atomic E-state index is 0.669.